The number of aromatic nitrogens is 3. The Morgan fingerprint density at radius 1 is 1.32 bits per heavy atom. The van der Waals surface area contributed by atoms with E-state index in [4.69, 9.17) is 4.98 Å². The minimum absolute atomic E-state index is 0.0465. The van der Waals surface area contributed by atoms with Gasteiger partial charge in [0.05, 0.1) is 16.5 Å². The molecule has 1 aromatic carbocycles. The van der Waals surface area contributed by atoms with Crippen molar-refractivity contribution in [2.24, 2.45) is 0 Å². The molecule has 0 aliphatic heterocycles. The number of imidazole rings is 1. The maximum atomic E-state index is 13.0. The Hall–Kier alpha value is -2.77. The lowest BCUT2D eigenvalue weighted by Gasteiger charge is -2.18. The molecule has 0 radical (unpaired) electrons. The molecule has 0 N–H and O–H groups in total. The van der Waals surface area contributed by atoms with E-state index in [2.05, 4.69) is 18.0 Å². The molecule has 0 saturated carbocycles. The molecule has 4 rings (SSSR count). The van der Waals surface area contributed by atoms with E-state index < -0.39 is 0 Å². The second-order valence-electron chi connectivity index (χ2n) is 6.46. The van der Waals surface area contributed by atoms with E-state index in [0.29, 0.717) is 6.54 Å². The number of carbonyl (C=O) groups is 1. The summed E-state index contributed by atoms with van der Waals surface area (Å²) >= 11 is 3.18. The maximum Gasteiger partial charge on any atom is 0.252 e. The first-order valence-corrected chi connectivity index (χ1v) is 10.7. The first-order valence-electron chi connectivity index (χ1n) is 9.05. The van der Waals surface area contributed by atoms with Gasteiger partial charge in [0.15, 0.2) is 5.13 Å². The van der Waals surface area contributed by atoms with Crippen molar-refractivity contribution in [3.8, 4) is 0 Å². The highest BCUT2D eigenvalue weighted by Gasteiger charge is 2.17. The summed E-state index contributed by atoms with van der Waals surface area (Å²) in [6.07, 6.45) is 9.83. The zero-order valence-electron chi connectivity index (χ0n) is 15.5. The fraction of sp³-hybridized carbons (Fsp3) is 0.190. The molecular formula is C21H20N4OS2. The SMILES string of the molecule is Cc1ccc2nc(N(CCCn3ccnc3)C(=O)/C=C/c3cccs3)sc2c1. The summed E-state index contributed by atoms with van der Waals surface area (Å²) in [5.74, 6) is -0.0465. The van der Waals surface area contributed by atoms with Crippen molar-refractivity contribution < 1.29 is 4.79 Å². The number of carbonyl (C=O) groups excluding carboxylic acids is 1. The monoisotopic (exact) mass is 408 g/mol. The molecule has 142 valence electrons. The number of fused-ring (bicyclic) bond motifs is 1. The summed E-state index contributed by atoms with van der Waals surface area (Å²) in [7, 11) is 0. The molecule has 3 heterocycles. The van der Waals surface area contributed by atoms with Crippen LogP contribution in [0.15, 0.2) is 60.5 Å². The first kappa shape index (κ1) is 18.6. The van der Waals surface area contributed by atoms with Gasteiger partial charge in [0.1, 0.15) is 0 Å². The molecular weight excluding hydrogens is 388 g/mol. The number of benzene rings is 1. The summed E-state index contributed by atoms with van der Waals surface area (Å²) in [5.41, 5.74) is 2.12. The quantitative estimate of drug-likeness (QED) is 0.404. The fourth-order valence-electron chi connectivity index (χ4n) is 2.90. The third kappa shape index (κ3) is 4.37. The van der Waals surface area contributed by atoms with Crippen molar-refractivity contribution >= 4 is 50.0 Å². The number of hydrogen-bond donors (Lipinski definition) is 0. The van der Waals surface area contributed by atoms with E-state index in [1.807, 2.05) is 46.5 Å². The average Bonchev–Trinajstić information content (AvgIpc) is 3.44. The van der Waals surface area contributed by atoms with Gasteiger partial charge in [-0.25, -0.2) is 9.97 Å². The molecule has 4 aromatic rings. The molecule has 5 nitrogen and oxygen atoms in total. The lowest BCUT2D eigenvalue weighted by atomic mass is 10.2. The summed E-state index contributed by atoms with van der Waals surface area (Å²) in [4.78, 5) is 24.6. The van der Waals surface area contributed by atoms with Crippen LogP contribution in [0.1, 0.15) is 16.9 Å². The summed E-state index contributed by atoms with van der Waals surface area (Å²) in [6, 6.07) is 10.2. The van der Waals surface area contributed by atoms with Gasteiger partial charge in [0.25, 0.3) is 5.91 Å². The van der Waals surface area contributed by atoms with Crippen LogP contribution in [-0.2, 0) is 11.3 Å². The molecule has 28 heavy (non-hydrogen) atoms. The van der Waals surface area contributed by atoms with E-state index in [0.717, 1.165) is 33.2 Å². The van der Waals surface area contributed by atoms with Crippen molar-refractivity contribution in [2.45, 2.75) is 19.9 Å². The Balaban J connectivity index is 1.56. The van der Waals surface area contributed by atoms with Crippen LogP contribution in [-0.4, -0.2) is 27.0 Å². The smallest absolute Gasteiger partial charge is 0.252 e. The standard InChI is InChI=1S/C21H20N4OS2/c1-16-5-7-18-19(14-16)28-21(23-18)25(11-3-10-24-12-9-22-15-24)20(26)8-6-17-4-2-13-27-17/h2,4-9,12-15H,3,10-11H2,1H3/b8-6+. The average molecular weight is 409 g/mol. The molecule has 0 aliphatic rings. The van der Waals surface area contributed by atoms with Crippen molar-refractivity contribution in [1.29, 1.82) is 0 Å². The Morgan fingerprint density at radius 3 is 3.04 bits per heavy atom. The fourth-order valence-corrected chi connectivity index (χ4v) is 4.61. The molecule has 0 unspecified atom stereocenters. The minimum Gasteiger partial charge on any atom is -0.337 e. The third-order valence-corrected chi connectivity index (χ3v) is 6.20. The van der Waals surface area contributed by atoms with Gasteiger partial charge in [0, 0.05) is 36.4 Å². The van der Waals surface area contributed by atoms with Crippen LogP contribution in [0, 0.1) is 6.92 Å². The second kappa shape index (κ2) is 8.50. The summed E-state index contributed by atoms with van der Waals surface area (Å²) in [5, 5.41) is 2.75. The van der Waals surface area contributed by atoms with Crippen LogP contribution in [0.3, 0.4) is 0 Å². The van der Waals surface area contributed by atoms with Crippen LogP contribution >= 0.6 is 22.7 Å². The molecule has 0 bridgehead atoms. The molecule has 0 saturated heterocycles. The molecule has 0 aliphatic carbocycles. The van der Waals surface area contributed by atoms with E-state index in [9.17, 15) is 4.79 Å². The van der Waals surface area contributed by atoms with Crippen LogP contribution in [0.2, 0.25) is 0 Å². The van der Waals surface area contributed by atoms with Gasteiger partial charge in [-0.05, 0) is 48.6 Å². The van der Waals surface area contributed by atoms with Gasteiger partial charge >= 0.3 is 0 Å². The Morgan fingerprint density at radius 2 is 2.25 bits per heavy atom. The lowest BCUT2D eigenvalue weighted by Crippen LogP contribution is -2.30. The predicted molar refractivity (Wildman–Crippen MR) is 117 cm³/mol. The van der Waals surface area contributed by atoms with Gasteiger partial charge in [-0.15, -0.1) is 11.3 Å². The normalized spacial score (nSPS) is 11.5. The van der Waals surface area contributed by atoms with Gasteiger partial charge < -0.3 is 4.57 Å². The van der Waals surface area contributed by atoms with Crippen LogP contribution in [0.25, 0.3) is 16.3 Å². The van der Waals surface area contributed by atoms with Crippen molar-refractivity contribution in [3.63, 3.8) is 0 Å². The largest absolute Gasteiger partial charge is 0.337 e. The number of hydrogen-bond acceptors (Lipinski definition) is 5. The number of amides is 1. The summed E-state index contributed by atoms with van der Waals surface area (Å²) < 4.78 is 3.12. The second-order valence-corrected chi connectivity index (χ2v) is 8.45. The van der Waals surface area contributed by atoms with Gasteiger partial charge in [-0.1, -0.05) is 23.5 Å². The van der Waals surface area contributed by atoms with E-state index in [1.165, 1.54) is 5.56 Å². The van der Waals surface area contributed by atoms with E-state index in [-0.39, 0.29) is 5.91 Å². The molecule has 0 spiro atoms. The highest BCUT2D eigenvalue weighted by atomic mass is 32.1. The minimum atomic E-state index is -0.0465. The Bertz CT molecular complexity index is 1080. The van der Waals surface area contributed by atoms with Crippen LogP contribution in [0.4, 0.5) is 5.13 Å². The number of thiophene rings is 1. The van der Waals surface area contributed by atoms with Crippen LogP contribution < -0.4 is 4.90 Å². The van der Waals surface area contributed by atoms with E-state index >= 15 is 0 Å². The Labute approximate surface area is 171 Å². The van der Waals surface area contributed by atoms with Gasteiger partial charge in [-0.2, -0.15) is 0 Å². The highest BCUT2D eigenvalue weighted by Crippen LogP contribution is 2.30. The number of thiazole rings is 1. The molecule has 3 aromatic heterocycles. The van der Waals surface area contributed by atoms with E-state index in [1.54, 1.807) is 46.2 Å². The molecule has 1 amide bonds. The zero-order chi connectivity index (χ0) is 19.3. The van der Waals surface area contributed by atoms with Crippen molar-refractivity contribution in [3.05, 3.63) is 70.9 Å². The van der Waals surface area contributed by atoms with Crippen LogP contribution in [0.5, 0.6) is 0 Å². The topological polar surface area (TPSA) is 51.0 Å². The molecule has 0 atom stereocenters. The first-order chi connectivity index (χ1) is 13.7. The number of nitrogens with zero attached hydrogens (tertiary/aromatic N) is 4. The number of aryl methyl sites for hydroxylation is 2. The van der Waals surface area contributed by atoms with Crippen molar-refractivity contribution in [2.75, 3.05) is 11.4 Å². The van der Waals surface area contributed by atoms with Gasteiger partial charge in [0.2, 0.25) is 0 Å². The Kier molecular flexibility index (Phi) is 5.64. The third-order valence-electron chi connectivity index (χ3n) is 4.32. The van der Waals surface area contributed by atoms with Gasteiger partial charge in [-0.3, -0.25) is 9.69 Å². The lowest BCUT2D eigenvalue weighted by molar-refractivity contribution is -0.114. The molecule has 7 heteroatoms. The number of rotatable bonds is 7. The maximum absolute atomic E-state index is 13.0. The predicted octanol–water partition coefficient (Wildman–Crippen LogP) is 5.00. The number of anilines is 1. The zero-order valence-corrected chi connectivity index (χ0v) is 17.1. The molecule has 0 fully saturated rings. The summed E-state index contributed by atoms with van der Waals surface area (Å²) in [6.45, 7) is 3.48. The van der Waals surface area contributed by atoms with Crippen molar-refractivity contribution in [1.82, 2.24) is 14.5 Å². The highest BCUT2D eigenvalue weighted by molar-refractivity contribution is 7.22.